The van der Waals surface area contributed by atoms with Crippen LogP contribution in [0.3, 0.4) is 0 Å². The summed E-state index contributed by atoms with van der Waals surface area (Å²) < 4.78 is 0. The van der Waals surface area contributed by atoms with E-state index in [-0.39, 0.29) is 21.5 Å². The third-order valence-electron chi connectivity index (χ3n) is 2.86. The maximum absolute atomic E-state index is 11.8. The van der Waals surface area contributed by atoms with Crippen LogP contribution in [0.15, 0.2) is 12.1 Å². The van der Waals surface area contributed by atoms with Crippen molar-refractivity contribution < 1.29 is 14.7 Å². The zero-order chi connectivity index (χ0) is 13.3. The number of aromatic carboxylic acids is 1. The van der Waals surface area contributed by atoms with Crippen LogP contribution in [0, 0.1) is 0 Å². The number of benzene rings is 1. The van der Waals surface area contributed by atoms with E-state index in [0.717, 1.165) is 12.8 Å². The Morgan fingerprint density at radius 2 is 1.83 bits per heavy atom. The van der Waals surface area contributed by atoms with Crippen molar-refractivity contribution in [3.63, 3.8) is 0 Å². The molecule has 2 rings (SSSR count). The molecule has 1 aromatic carbocycles. The minimum absolute atomic E-state index is 0.0122. The molecule has 1 heterocycles. The highest BCUT2D eigenvalue weighted by atomic mass is 35.5. The smallest absolute Gasteiger partial charge is 0.335 e. The average molecular weight is 288 g/mol. The lowest BCUT2D eigenvalue weighted by atomic mass is 10.1. The van der Waals surface area contributed by atoms with Crippen LogP contribution in [0.5, 0.6) is 0 Å². The fourth-order valence-corrected chi connectivity index (χ4v) is 2.68. The molecule has 1 aliphatic rings. The van der Waals surface area contributed by atoms with Crippen molar-refractivity contribution in [1.82, 2.24) is 0 Å². The summed E-state index contributed by atoms with van der Waals surface area (Å²) in [5.41, 5.74) is 0.422. The number of anilines is 1. The molecule has 1 amide bonds. The third-order valence-corrected chi connectivity index (χ3v) is 3.43. The monoisotopic (exact) mass is 287 g/mol. The van der Waals surface area contributed by atoms with E-state index in [9.17, 15) is 9.59 Å². The van der Waals surface area contributed by atoms with E-state index in [1.807, 2.05) is 0 Å². The van der Waals surface area contributed by atoms with E-state index in [1.165, 1.54) is 17.0 Å². The van der Waals surface area contributed by atoms with Crippen LogP contribution < -0.4 is 4.90 Å². The summed E-state index contributed by atoms with van der Waals surface area (Å²) in [6.07, 6.45) is 2.21. The second-order valence-electron chi connectivity index (χ2n) is 4.10. The quantitative estimate of drug-likeness (QED) is 0.909. The van der Waals surface area contributed by atoms with Gasteiger partial charge in [-0.3, -0.25) is 4.79 Å². The first-order chi connectivity index (χ1) is 8.50. The van der Waals surface area contributed by atoms with Gasteiger partial charge in [-0.2, -0.15) is 0 Å². The van der Waals surface area contributed by atoms with Gasteiger partial charge in [0.25, 0.3) is 0 Å². The first kappa shape index (κ1) is 13.2. The molecule has 4 nitrogen and oxygen atoms in total. The van der Waals surface area contributed by atoms with Gasteiger partial charge < -0.3 is 10.0 Å². The molecule has 0 bridgehead atoms. The largest absolute Gasteiger partial charge is 0.478 e. The number of carbonyl (C=O) groups is 2. The number of carboxylic acid groups (broad SMARTS) is 1. The lowest BCUT2D eigenvalue weighted by molar-refractivity contribution is -0.119. The fraction of sp³-hybridized carbons (Fsp3) is 0.333. The molecule has 0 unspecified atom stereocenters. The summed E-state index contributed by atoms with van der Waals surface area (Å²) in [5, 5.41) is 9.27. The Morgan fingerprint density at radius 1 is 1.22 bits per heavy atom. The lowest BCUT2D eigenvalue weighted by Crippen LogP contribution is -2.35. The standard InChI is InChI=1S/C12H11Cl2NO3/c13-8-5-7(12(17)18)6-9(14)11(8)15-4-2-1-3-10(15)16/h5-6H,1-4H2,(H,17,18). The van der Waals surface area contributed by atoms with Crippen molar-refractivity contribution in [2.45, 2.75) is 19.3 Å². The number of carbonyl (C=O) groups excluding carboxylic acids is 1. The van der Waals surface area contributed by atoms with E-state index in [4.69, 9.17) is 28.3 Å². The van der Waals surface area contributed by atoms with Gasteiger partial charge in [-0.1, -0.05) is 23.2 Å². The third kappa shape index (κ3) is 2.44. The van der Waals surface area contributed by atoms with E-state index in [0.29, 0.717) is 18.7 Å². The highest BCUT2D eigenvalue weighted by Gasteiger charge is 2.24. The minimum atomic E-state index is -1.10. The van der Waals surface area contributed by atoms with Crippen LogP contribution in [0.1, 0.15) is 29.6 Å². The summed E-state index contributed by atoms with van der Waals surface area (Å²) in [6.45, 7) is 0.560. The van der Waals surface area contributed by atoms with Crippen LogP contribution in [-0.2, 0) is 4.79 Å². The van der Waals surface area contributed by atoms with Gasteiger partial charge in [0.05, 0.1) is 21.3 Å². The van der Waals surface area contributed by atoms with Crippen molar-refractivity contribution in [3.8, 4) is 0 Å². The van der Waals surface area contributed by atoms with Crippen molar-refractivity contribution in [3.05, 3.63) is 27.7 Å². The molecule has 1 aromatic rings. The number of nitrogens with zero attached hydrogens (tertiary/aromatic N) is 1. The second kappa shape index (κ2) is 5.16. The number of piperidine rings is 1. The van der Waals surface area contributed by atoms with E-state index < -0.39 is 5.97 Å². The van der Waals surface area contributed by atoms with Crippen LogP contribution in [0.25, 0.3) is 0 Å². The molecule has 0 aliphatic carbocycles. The normalized spacial score (nSPS) is 15.9. The van der Waals surface area contributed by atoms with Gasteiger partial charge >= 0.3 is 5.97 Å². The Balaban J connectivity index is 2.44. The Hall–Kier alpha value is -1.26. The van der Waals surface area contributed by atoms with Gasteiger partial charge in [-0.25, -0.2) is 4.79 Å². The molecule has 6 heteroatoms. The Morgan fingerprint density at radius 3 is 2.33 bits per heavy atom. The van der Waals surface area contributed by atoms with Crippen molar-refractivity contribution in [2.24, 2.45) is 0 Å². The number of hydrogen-bond donors (Lipinski definition) is 1. The van der Waals surface area contributed by atoms with Gasteiger partial charge in [0.15, 0.2) is 0 Å². The van der Waals surface area contributed by atoms with Crippen molar-refractivity contribution >= 4 is 40.8 Å². The van der Waals surface area contributed by atoms with Gasteiger partial charge in [-0.15, -0.1) is 0 Å². The Kier molecular flexibility index (Phi) is 3.78. The molecule has 0 atom stereocenters. The molecule has 1 aliphatic heterocycles. The summed E-state index contributed by atoms with van der Waals surface area (Å²) >= 11 is 12.1. The summed E-state index contributed by atoms with van der Waals surface area (Å²) in [5.74, 6) is -1.14. The minimum Gasteiger partial charge on any atom is -0.478 e. The zero-order valence-corrected chi connectivity index (χ0v) is 11.0. The topological polar surface area (TPSA) is 57.6 Å². The first-order valence-corrected chi connectivity index (χ1v) is 6.29. The Labute approximate surface area is 114 Å². The van der Waals surface area contributed by atoms with E-state index in [1.54, 1.807) is 0 Å². The molecular weight excluding hydrogens is 277 g/mol. The lowest BCUT2D eigenvalue weighted by Gasteiger charge is -2.28. The highest BCUT2D eigenvalue weighted by molar-refractivity contribution is 6.40. The summed E-state index contributed by atoms with van der Waals surface area (Å²) in [4.78, 5) is 24.2. The molecule has 18 heavy (non-hydrogen) atoms. The van der Waals surface area contributed by atoms with Crippen LogP contribution in [-0.4, -0.2) is 23.5 Å². The number of amides is 1. The van der Waals surface area contributed by atoms with Gasteiger partial charge in [0.2, 0.25) is 5.91 Å². The molecule has 1 N–H and O–H groups in total. The predicted octanol–water partition coefficient (Wildman–Crippen LogP) is 3.21. The average Bonchev–Trinajstić information content (AvgIpc) is 2.30. The Bertz CT molecular complexity index is 493. The van der Waals surface area contributed by atoms with Crippen LogP contribution in [0.2, 0.25) is 10.0 Å². The number of rotatable bonds is 2. The summed E-state index contributed by atoms with van der Waals surface area (Å²) in [7, 11) is 0. The van der Waals surface area contributed by atoms with Crippen molar-refractivity contribution in [1.29, 1.82) is 0 Å². The molecular formula is C12H11Cl2NO3. The molecule has 0 saturated carbocycles. The number of halogens is 2. The molecule has 0 radical (unpaired) electrons. The number of carboxylic acids is 1. The molecule has 1 fully saturated rings. The van der Waals surface area contributed by atoms with Gasteiger partial charge in [0.1, 0.15) is 0 Å². The fourth-order valence-electron chi connectivity index (χ4n) is 1.99. The van der Waals surface area contributed by atoms with Crippen molar-refractivity contribution in [2.75, 3.05) is 11.4 Å². The first-order valence-electron chi connectivity index (χ1n) is 5.53. The van der Waals surface area contributed by atoms with Crippen LogP contribution in [0.4, 0.5) is 5.69 Å². The molecule has 1 saturated heterocycles. The van der Waals surface area contributed by atoms with Crippen LogP contribution >= 0.6 is 23.2 Å². The maximum atomic E-state index is 11.8. The number of hydrogen-bond acceptors (Lipinski definition) is 2. The maximum Gasteiger partial charge on any atom is 0.335 e. The highest BCUT2D eigenvalue weighted by Crippen LogP contribution is 2.36. The zero-order valence-electron chi connectivity index (χ0n) is 9.45. The SMILES string of the molecule is O=C(O)c1cc(Cl)c(N2CCCCC2=O)c(Cl)c1. The van der Waals surface area contributed by atoms with Gasteiger partial charge in [0, 0.05) is 13.0 Å². The molecule has 0 spiro atoms. The second-order valence-corrected chi connectivity index (χ2v) is 4.91. The molecule has 96 valence electrons. The summed E-state index contributed by atoms with van der Waals surface area (Å²) in [6, 6.07) is 2.62. The van der Waals surface area contributed by atoms with E-state index in [2.05, 4.69) is 0 Å². The molecule has 0 aromatic heterocycles. The van der Waals surface area contributed by atoms with E-state index >= 15 is 0 Å². The van der Waals surface area contributed by atoms with Gasteiger partial charge in [-0.05, 0) is 25.0 Å². The predicted molar refractivity (Wildman–Crippen MR) is 69.6 cm³/mol.